The van der Waals surface area contributed by atoms with E-state index in [0.29, 0.717) is 5.82 Å². The lowest BCUT2D eigenvalue weighted by Crippen LogP contribution is -2.37. The standard InChI is InChI=1S/C14H24N4O3/c1-3-11-16-12(14(19)20-2)13(15)18(11)6-4-5-17-7-9-21-10-8-17/h3-10,15H2,1-2H3. The predicted molar refractivity (Wildman–Crippen MR) is 79.2 cm³/mol. The molecule has 0 amide bonds. The third kappa shape index (κ3) is 3.74. The number of methoxy groups -OCH3 is 1. The molecule has 0 saturated carbocycles. The van der Waals surface area contributed by atoms with E-state index in [2.05, 4.69) is 9.88 Å². The molecule has 2 heterocycles. The van der Waals surface area contributed by atoms with Gasteiger partial charge in [0.05, 0.1) is 20.3 Å². The van der Waals surface area contributed by atoms with Gasteiger partial charge in [-0.15, -0.1) is 0 Å². The molecule has 1 aliphatic rings. The highest BCUT2D eigenvalue weighted by Crippen LogP contribution is 2.17. The zero-order chi connectivity index (χ0) is 15.2. The van der Waals surface area contributed by atoms with Crippen molar-refractivity contribution >= 4 is 11.8 Å². The number of esters is 1. The van der Waals surface area contributed by atoms with Gasteiger partial charge in [0.15, 0.2) is 5.69 Å². The molecule has 2 N–H and O–H groups in total. The van der Waals surface area contributed by atoms with Crippen molar-refractivity contribution in [3.8, 4) is 0 Å². The van der Waals surface area contributed by atoms with E-state index in [-0.39, 0.29) is 5.69 Å². The highest BCUT2D eigenvalue weighted by atomic mass is 16.5. The highest BCUT2D eigenvalue weighted by molar-refractivity contribution is 5.92. The SMILES string of the molecule is CCc1nc(C(=O)OC)c(N)n1CCCN1CCOCC1. The molecule has 1 saturated heterocycles. The van der Waals surface area contributed by atoms with Crippen LogP contribution in [0, 0.1) is 0 Å². The molecule has 1 aromatic heterocycles. The number of imidazole rings is 1. The van der Waals surface area contributed by atoms with Gasteiger partial charge >= 0.3 is 5.97 Å². The second-order valence-electron chi connectivity index (χ2n) is 5.07. The summed E-state index contributed by atoms with van der Waals surface area (Å²) in [6.07, 6.45) is 1.70. The zero-order valence-corrected chi connectivity index (χ0v) is 12.8. The fraction of sp³-hybridized carbons (Fsp3) is 0.714. The summed E-state index contributed by atoms with van der Waals surface area (Å²) < 4.78 is 12.0. The molecule has 0 unspecified atom stereocenters. The molecule has 21 heavy (non-hydrogen) atoms. The van der Waals surface area contributed by atoms with E-state index in [4.69, 9.17) is 15.2 Å². The number of ether oxygens (including phenoxy) is 2. The second-order valence-corrected chi connectivity index (χ2v) is 5.07. The third-order valence-corrected chi connectivity index (χ3v) is 3.74. The van der Waals surface area contributed by atoms with Gasteiger partial charge in [-0.2, -0.15) is 0 Å². The van der Waals surface area contributed by atoms with Gasteiger partial charge in [-0.1, -0.05) is 6.92 Å². The number of nitrogens with two attached hydrogens (primary N) is 1. The number of hydrogen-bond acceptors (Lipinski definition) is 6. The van der Waals surface area contributed by atoms with Gasteiger partial charge in [-0.25, -0.2) is 9.78 Å². The van der Waals surface area contributed by atoms with Crippen LogP contribution in [0.1, 0.15) is 29.7 Å². The van der Waals surface area contributed by atoms with Crippen molar-refractivity contribution in [3.63, 3.8) is 0 Å². The number of carbonyl (C=O) groups is 1. The van der Waals surface area contributed by atoms with Crippen LogP contribution < -0.4 is 5.73 Å². The van der Waals surface area contributed by atoms with Gasteiger partial charge in [-0.3, -0.25) is 4.90 Å². The molecule has 0 radical (unpaired) electrons. The summed E-state index contributed by atoms with van der Waals surface area (Å²) >= 11 is 0. The number of aromatic nitrogens is 2. The first-order chi connectivity index (χ1) is 10.2. The van der Waals surface area contributed by atoms with Crippen molar-refractivity contribution in [1.82, 2.24) is 14.5 Å². The van der Waals surface area contributed by atoms with Crippen molar-refractivity contribution in [3.05, 3.63) is 11.5 Å². The van der Waals surface area contributed by atoms with E-state index < -0.39 is 5.97 Å². The van der Waals surface area contributed by atoms with E-state index >= 15 is 0 Å². The summed E-state index contributed by atoms with van der Waals surface area (Å²) in [6, 6.07) is 0. The molecule has 0 spiro atoms. The first-order valence-corrected chi connectivity index (χ1v) is 7.40. The number of rotatable bonds is 6. The van der Waals surface area contributed by atoms with E-state index in [1.165, 1.54) is 7.11 Å². The van der Waals surface area contributed by atoms with Crippen LogP contribution in [0.5, 0.6) is 0 Å². The van der Waals surface area contributed by atoms with Crippen molar-refractivity contribution in [2.24, 2.45) is 0 Å². The lowest BCUT2D eigenvalue weighted by atomic mass is 10.3. The number of nitrogens with zero attached hydrogens (tertiary/aromatic N) is 3. The highest BCUT2D eigenvalue weighted by Gasteiger charge is 2.20. The fourth-order valence-corrected chi connectivity index (χ4v) is 2.56. The molecule has 2 rings (SSSR count). The Balaban J connectivity index is 1.98. The monoisotopic (exact) mass is 296 g/mol. The zero-order valence-electron chi connectivity index (χ0n) is 12.8. The minimum absolute atomic E-state index is 0.223. The van der Waals surface area contributed by atoms with Crippen LogP contribution in [0.2, 0.25) is 0 Å². The maximum atomic E-state index is 11.6. The molecule has 7 nitrogen and oxygen atoms in total. The molecule has 0 aromatic carbocycles. The summed E-state index contributed by atoms with van der Waals surface area (Å²) in [6.45, 7) is 7.33. The van der Waals surface area contributed by atoms with Crippen molar-refractivity contribution < 1.29 is 14.3 Å². The minimum atomic E-state index is -0.478. The lowest BCUT2D eigenvalue weighted by Gasteiger charge is -2.26. The largest absolute Gasteiger partial charge is 0.464 e. The van der Waals surface area contributed by atoms with Crippen LogP contribution >= 0.6 is 0 Å². The van der Waals surface area contributed by atoms with E-state index in [1.54, 1.807) is 0 Å². The molecule has 0 bridgehead atoms. The van der Waals surface area contributed by atoms with Gasteiger partial charge in [0, 0.05) is 32.6 Å². The lowest BCUT2D eigenvalue weighted by molar-refractivity contribution is 0.0369. The Morgan fingerprint density at radius 3 is 2.71 bits per heavy atom. The molecular formula is C14H24N4O3. The van der Waals surface area contributed by atoms with Crippen LogP contribution in [-0.2, 0) is 22.4 Å². The number of hydrogen-bond donors (Lipinski definition) is 1. The Hall–Kier alpha value is -1.60. The second kappa shape index (κ2) is 7.42. The summed E-state index contributed by atoms with van der Waals surface area (Å²) in [5.41, 5.74) is 6.26. The summed E-state index contributed by atoms with van der Waals surface area (Å²) in [7, 11) is 1.34. The Morgan fingerprint density at radius 2 is 2.10 bits per heavy atom. The smallest absolute Gasteiger partial charge is 0.360 e. The Labute approximate surface area is 125 Å². The number of anilines is 1. The molecule has 1 fully saturated rings. The first kappa shape index (κ1) is 15.8. The molecule has 118 valence electrons. The molecular weight excluding hydrogens is 272 g/mol. The molecule has 1 aromatic rings. The average molecular weight is 296 g/mol. The summed E-state index contributed by atoms with van der Waals surface area (Å²) in [5, 5.41) is 0. The summed E-state index contributed by atoms with van der Waals surface area (Å²) in [5.74, 6) is 0.754. The molecule has 7 heteroatoms. The maximum absolute atomic E-state index is 11.6. The third-order valence-electron chi connectivity index (χ3n) is 3.74. The predicted octanol–water partition coefficient (Wildman–Crippen LogP) is 0.537. The molecule has 0 atom stereocenters. The molecule has 1 aliphatic heterocycles. The topological polar surface area (TPSA) is 82.6 Å². The average Bonchev–Trinajstić information content (AvgIpc) is 2.84. The van der Waals surface area contributed by atoms with E-state index in [1.807, 2.05) is 11.5 Å². The fourth-order valence-electron chi connectivity index (χ4n) is 2.56. The minimum Gasteiger partial charge on any atom is -0.464 e. The van der Waals surface area contributed by atoms with Crippen LogP contribution in [0.15, 0.2) is 0 Å². The Bertz CT molecular complexity index is 481. The van der Waals surface area contributed by atoms with E-state index in [0.717, 1.165) is 58.1 Å². The van der Waals surface area contributed by atoms with Crippen LogP contribution in [0.25, 0.3) is 0 Å². The van der Waals surface area contributed by atoms with Gasteiger partial charge in [0.2, 0.25) is 0 Å². The Morgan fingerprint density at radius 1 is 1.38 bits per heavy atom. The van der Waals surface area contributed by atoms with Gasteiger partial charge < -0.3 is 19.8 Å². The molecule has 0 aliphatic carbocycles. The van der Waals surface area contributed by atoms with Gasteiger partial charge in [0.1, 0.15) is 11.6 Å². The summed E-state index contributed by atoms with van der Waals surface area (Å²) in [4.78, 5) is 18.3. The van der Waals surface area contributed by atoms with Crippen molar-refractivity contribution in [2.75, 3.05) is 45.7 Å². The van der Waals surface area contributed by atoms with Crippen LogP contribution in [0.4, 0.5) is 5.82 Å². The number of carbonyl (C=O) groups excluding carboxylic acids is 1. The number of nitrogen functional groups attached to an aromatic ring is 1. The van der Waals surface area contributed by atoms with Gasteiger partial charge in [0.25, 0.3) is 0 Å². The first-order valence-electron chi connectivity index (χ1n) is 7.40. The number of morpholine rings is 1. The van der Waals surface area contributed by atoms with Crippen molar-refractivity contribution in [1.29, 1.82) is 0 Å². The van der Waals surface area contributed by atoms with Gasteiger partial charge in [-0.05, 0) is 6.42 Å². The quantitative estimate of drug-likeness (QED) is 0.771. The Kier molecular flexibility index (Phi) is 5.58. The van der Waals surface area contributed by atoms with Crippen LogP contribution in [-0.4, -0.2) is 60.4 Å². The maximum Gasteiger partial charge on any atom is 0.360 e. The normalized spacial score (nSPS) is 16.1. The van der Waals surface area contributed by atoms with Crippen LogP contribution in [0.3, 0.4) is 0 Å². The number of aryl methyl sites for hydroxylation is 1. The van der Waals surface area contributed by atoms with E-state index in [9.17, 15) is 4.79 Å². The van der Waals surface area contributed by atoms with Crippen molar-refractivity contribution in [2.45, 2.75) is 26.3 Å².